The van der Waals surface area contributed by atoms with Gasteiger partial charge in [0.05, 0.1) is 0 Å². The van der Waals surface area contributed by atoms with Crippen LogP contribution in [0.2, 0.25) is 0 Å². The molecular formula is C8H5ClF2O. The van der Waals surface area contributed by atoms with Crippen LogP contribution < -0.4 is 0 Å². The first kappa shape index (κ1) is 9.13. The molecule has 0 saturated carbocycles. The number of aldehydes is 1. The molecule has 0 amide bonds. The molecule has 0 radical (unpaired) electrons. The van der Waals surface area contributed by atoms with Gasteiger partial charge in [-0.25, -0.2) is 8.78 Å². The van der Waals surface area contributed by atoms with E-state index >= 15 is 0 Å². The molecule has 0 aliphatic carbocycles. The van der Waals surface area contributed by atoms with E-state index in [1.807, 2.05) is 0 Å². The van der Waals surface area contributed by atoms with E-state index in [2.05, 4.69) is 0 Å². The van der Waals surface area contributed by atoms with Gasteiger partial charge in [-0.2, -0.15) is 0 Å². The lowest BCUT2D eigenvalue weighted by Crippen LogP contribution is -1.96. The molecule has 1 aromatic rings. The number of carbonyl (C=O) groups is 1. The number of alkyl halides is 1. The molecule has 0 aliphatic rings. The summed E-state index contributed by atoms with van der Waals surface area (Å²) >= 11 is 5.39. The summed E-state index contributed by atoms with van der Waals surface area (Å²) in [4.78, 5) is 10.1. The van der Waals surface area contributed by atoms with Crippen molar-refractivity contribution in [2.45, 2.75) is 5.38 Å². The van der Waals surface area contributed by atoms with Gasteiger partial charge >= 0.3 is 0 Å². The monoisotopic (exact) mass is 190 g/mol. The molecule has 0 saturated heterocycles. The van der Waals surface area contributed by atoms with E-state index < -0.39 is 17.0 Å². The van der Waals surface area contributed by atoms with E-state index in [-0.39, 0.29) is 5.56 Å². The molecule has 1 rings (SSSR count). The molecule has 0 aliphatic heterocycles. The van der Waals surface area contributed by atoms with Crippen LogP contribution in [-0.2, 0) is 4.79 Å². The molecule has 0 fully saturated rings. The highest BCUT2D eigenvalue weighted by molar-refractivity contribution is 6.27. The summed E-state index contributed by atoms with van der Waals surface area (Å²) in [6.07, 6.45) is 0.347. The maximum absolute atomic E-state index is 12.8. The summed E-state index contributed by atoms with van der Waals surface area (Å²) in [7, 11) is 0. The van der Waals surface area contributed by atoms with E-state index in [4.69, 9.17) is 11.6 Å². The van der Waals surface area contributed by atoms with E-state index in [9.17, 15) is 13.6 Å². The third-order valence-electron chi connectivity index (χ3n) is 1.37. The fourth-order valence-electron chi connectivity index (χ4n) is 0.799. The van der Waals surface area contributed by atoms with E-state index in [0.29, 0.717) is 6.29 Å². The SMILES string of the molecule is O=CC(Cl)c1cc(F)ccc1F. The molecule has 0 spiro atoms. The molecule has 0 aromatic heterocycles. The maximum Gasteiger partial charge on any atom is 0.142 e. The molecule has 12 heavy (non-hydrogen) atoms. The number of hydrogen-bond donors (Lipinski definition) is 0. The Morgan fingerprint density at radius 3 is 2.67 bits per heavy atom. The van der Waals surface area contributed by atoms with Crippen LogP contribution in [0.3, 0.4) is 0 Å². The molecule has 1 nitrogen and oxygen atoms in total. The Morgan fingerprint density at radius 1 is 1.42 bits per heavy atom. The summed E-state index contributed by atoms with van der Waals surface area (Å²) in [5.41, 5.74) is -0.133. The lowest BCUT2D eigenvalue weighted by Gasteiger charge is -2.02. The summed E-state index contributed by atoms with van der Waals surface area (Å²) < 4.78 is 25.3. The fraction of sp³-hybridized carbons (Fsp3) is 0.125. The minimum atomic E-state index is -1.12. The number of benzene rings is 1. The summed E-state index contributed by atoms with van der Waals surface area (Å²) in [6.45, 7) is 0. The average molecular weight is 191 g/mol. The van der Waals surface area contributed by atoms with E-state index in [1.54, 1.807) is 0 Å². The second-order valence-electron chi connectivity index (χ2n) is 2.20. The number of rotatable bonds is 2. The molecular weight excluding hydrogens is 186 g/mol. The van der Waals surface area contributed by atoms with Gasteiger partial charge in [-0.05, 0) is 18.2 Å². The van der Waals surface area contributed by atoms with Crippen molar-refractivity contribution < 1.29 is 13.6 Å². The average Bonchev–Trinajstić information content (AvgIpc) is 2.08. The largest absolute Gasteiger partial charge is 0.301 e. The first-order valence-electron chi connectivity index (χ1n) is 3.19. The summed E-state index contributed by atoms with van der Waals surface area (Å²) in [5.74, 6) is -1.29. The second-order valence-corrected chi connectivity index (χ2v) is 2.67. The van der Waals surface area contributed by atoms with Crippen molar-refractivity contribution in [2.75, 3.05) is 0 Å². The topological polar surface area (TPSA) is 17.1 Å². The molecule has 1 aromatic carbocycles. The minimum Gasteiger partial charge on any atom is -0.301 e. The van der Waals surface area contributed by atoms with Crippen molar-refractivity contribution in [1.82, 2.24) is 0 Å². The predicted molar refractivity (Wildman–Crippen MR) is 41.0 cm³/mol. The van der Waals surface area contributed by atoms with Crippen molar-refractivity contribution in [3.8, 4) is 0 Å². The first-order chi connectivity index (χ1) is 5.65. The van der Waals surface area contributed by atoms with Crippen LogP contribution in [0.5, 0.6) is 0 Å². The smallest absolute Gasteiger partial charge is 0.142 e. The van der Waals surface area contributed by atoms with Gasteiger partial charge in [0.25, 0.3) is 0 Å². The van der Waals surface area contributed by atoms with Crippen LogP contribution in [0.15, 0.2) is 18.2 Å². The Hall–Kier alpha value is -0.960. The molecule has 64 valence electrons. The lowest BCUT2D eigenvalue weighted by atomic mass is 10.1. The van der Waals surface area contributed by atoms with Crippen LogP contribution in [-0.4, -0.2) is 6.29 Å². The van der Waals surface area contributed by atoms with Crippen LogP contribution >= 0.6 is 11.6 Å². The Morgan fingerprint density at radius 2 is 2.08 bits per heavy atom. The number of carbonyl (C=O) groups excluding carboxylic acids is 1. The zero-order valence-corrected chi connectivity index (χ0v) is 6.68. The number of halogens is 3. The van der Waals surface area contributed by atoms with Crippen LogP contribution in [0.4, 0.5) is 8.78 Å². The molecule has 0 bridgehead atoms. The highest BCUT2D eigenvalue weighted by Crippen LogP contribution is 2.21. The Balaban J connectivity index is 3.12. The van der Waals surface area contributed by atoms with E-state index in [1.165, 1.54) is 0 Å². The highest BCUT2D eigenvalue weighted by atomic mass is 35.5. The normalized spacial score (nSPS) is 12.6. The number of hydrogen-bond acceptors (Lipinski definition) is 1. The Bertz CT molecular complexity index is 301. The molecule has 4 heteroatoms. The van der Waals surface area contributed by atoms with Gasteiger partial charge in [0.2, 0.25) is 0 Å². The quantitative estimate of drug-likeness (QED) is 0.517. The van der Waals surface area contributed by atoms with Gasteiger partial charge in [-0.3, -0.25) is 0 Å². The van der Waals surface area contributed by atoms with Gasteiger partial charge in [-0.1, -0.05) is 0 Å². The predicted octanol–water partition coefficient (Wildman–Crippen LogP) is 2.44. The van der Waals surface area contributed by atoms with Gasteiger partial charge < -0.3 is 4.79 Å². The van der Waals surface area contributed by atoms with Gasteiger partial charge in [-0.15, -0.1) is 11.6 Å². The summed E-state index contributed by atoms with van der Waals surface area (Å²) in [5, 5.41) is -1.12. The van der Waals surface area contributed by atoms with Crippen molar-refractivity contribution in [3.05, 3.63) is 35.4 Å². The van der Waals surface area contributed by atoms with Gasteiger partial charge in [0.15, 0.2) is 0 Å². The standard InChI is InChI=1S/C8H5ClF2O/c9-7(4-12)6-3-5(10)1-2-8(6)11/h1-4,7H. The van der Waals surface area contributed by atoms with E-state index in [0.717, 1.165) is 18.2 Å². The molecule has 0 heterocycles. The maximum atomic E-state index is 12.8. The fourth-order valence-corrected chi connectivity index (χ4v) is 0.966. The third-order valence-corrected chi connectivity index (χ3v) is 1.71. The van der Waals surface area contributed by atoms with Gasteiger partial charge in [0, 0.05) is 5.56 Å². The van der Waals surface area contributed by atoms with Crippen LogP contribution in [0.25, 0.3) is 0 Å². The van der Waals surface area contributed by atoms with Crippen LogP contribution in [0.1, 0.15) is 10.9 Å². The molecule has 1 atom stereocenters. The zero-order chi connectivity index (χ0) is 9.14. The third kappa shape index (κ3) is 1.80. The Labute approximate surface area is 73.0 Å². The zero-order valence-electron chi connectivity index (χ0n) is 5.93. The minimum absolute atomic E-state index is 0.133. The first-order valence-corrected chi connectivity index (χ1v) is 3.63. The lowest BCUT2D eigenvalue weighted by molar-refractivity contribution is -0.107. The van der Waals surface area contributed by atoms with Crippen LogP contribution in [0, 0.1) is 11.6 Å². The molecule has 0 N–H and O–H groups in total. The second kappa shape index (κ2) is 3.63. The highest BCUT2D eigenvalue weighted by Gasteiger charge is 2.12. The van der Waals surface area contributed by atoms with Crippen molar-refractivity contribution in [1.29, 1.82) is 0 Å². The van der Waals surface area contributed by atoms with Crippen molar-refractivity contribution in [2.24, 2.45) is 0 Å². The van der Waals surface area contributed by atoms with Crippen molar-refractivity contribution in [3.63, 3.8) is 0 Å². The molecule has 1 unspecified atom stereocenters. The summed E-state index contributed by atoms with van der Waals surface area (Å²) in [6, 6.07) is 2.80. The Kier molecular flexibility index (Phi) is 2.76. The van der Waals surface area contributed by atoms with Crippen molar-refractivity contribution >= 4 is 17.9 Å². The van der Waals surface area contributed by atoms with Gasteiger partial charge in [0.1, 0.15) is 23.3 Å².